The molecule has 2 saturated carbocycles. The van der Waals surface area contributed by atoms with Crippen molar-refractivity contribution in [2.75, 3.05) is 27.4 Å². The van der Waals surface area contributed by atoms with Gasteiger partial charge in [0.2, 0.25) is 0 Å². The van der Waals surface area contributed by atoms with E-state index in [2.05, 4.69) is 128 Å². The maximum atomic E-state index is 7.00. The molecule has 2 aliphatic carbocycles. The fourth-order valence-electron chi connectivity index (χ4n) is 10.0. The second-order valence-electron chi connectivity index (χ2n) is 13.9. The van der Waals surface area contributed by atoms with Gasteiger partial charge in [-0.25, -0.2) is 0 Å². The number of benzene rings is 4. The summed E-state index contributed by atoms with van der Waals surface area (Å²) in [6.07, 6.45) is 9.33. The molecule has 4 atom stereocenters. The number of methoxy groups -OCH3 is 1. The van der Waals surface area contributed by atoms with Gasteiger partial charge in [0.25, 0.3) is 0 Å². The Labute approximate surface area is 282 Å². The molecule has 1 N–H and O–H groups in total. The minimum absolute atomic E-state index is 0.0311. The van der Waals surface area contributed by atoms with E-state index in [-0.39, 0.29) is 16.4 Å². The molecule has 0 radical (unpaired) electrons. The topological polar surface area (TPSA) is 47.9 Å². The van der Waals surface area contributed by atoms with Crippen LogP contribution in [0.2, 0.25) is 0 Å². The summed E-state index contributed by atoms with van der Waals surface area (Å²) in [5, 5.41) is 7.00. The van der Waals surface area contributed by atoms with Crippen molar-refractivity contribution in [3.05, 3.63) is 144 Å². The van der Waals surface area contributed by atoms with E-state index in [1.807, 2.05) is 7.11 Å². The Bertz CT molecular complexity index is 1420. The summed E-state index contributed by atoms with van der Waals surface area (Å²) in [5.41, 5.74) is 5.92. The standard InChI is InChI=1S/C21H24O2.C21H24O.CH4O/c1-22-21-14-8-13-20(21,15-16-23-21)19(17-9-4-2-5-10-17)18-11-6-3-7-12-18;1-20-13-8-14-21(20,15-16-22-20)19(17-9-4-2-5-10-17)18-11-6-3-7-12-18;1-2/h2-7,9-12,19H,8,13-16H2,1H3;2-7,9-12,19H,8,13-16H2,1H3;2H,1H3/t2*20-,21-;/m00./s1. The van der Waals surface area contributed by atoms with Gasteiger partial charge < -0.3 is 19.3 Å². The van der Waals surface area contributed by atoms with Crippen LogP contribution in [-0.2, 0) is 14.2 Å². The van der Waals surface area contributed by atoms with E-state index in [1.165, 1.54) is 54.4 Å². The van der Waals surface area contributed by atoms with Crippen LogP contribution in [0, 0.1) is 10.8 Å². The Morgan fingerprint density at radius 2 is 0.894 bits per heavy atom. The van der Waals surface area contributed by atoms with Crippen LogP contribution in [0.5, 0.6) is 0 Å². The van der Waals surface area contributed by atoms with Gasteiger partial charge in [-0.1, -0.05) is 121 Å². The molecule has 2 aliphatic heterocycles. The van der Waals surface area contributed by atoms with Crippen molar-refractivity contribution in [1.82, 2.24) is 0 Å². The van der Waals surface area contributed by atoms with Gasteiger partial charge in [-0.3, -0.25) is 0 Å². The lowest BCUT2D eigenvalue weighted by Crippen LogP contribution is -2.46. The first-order chi connectivity index (χ1) is 23.1. The van der Waals surface area contributed by atoms with Crippen molar-refractivity contribution < 1.29 is 19.3 Å². The number of aliphatic hydroxyl groups excluding tert-OH is 1. The third kappa shape index (κ3) is 5.88. The highest BCUT2D eigenvalue weighted by atomic mass is 16.7. The molecule has 0 aromatic heterocycles. The quantitative estimate of drug-likeness (QED) is 0.220. The number of rotatable bonds is 7. The number of hydrogen-bond acceptors (Lipinski definition) is 4. The summed E-state index contributed by atoms with van der Waals surface area (Å²) in [4.78, 5) is 0. The van der Waals surface area contributed by atoms with Crippen molar-refractivity contribution in [3.8, 4) is 0 Å². The molecular formula is C43H52O4. The summed E-state index contributed by atoms with van der Waals surface area (Å²) < 4.78 is 18.5. The van der Waals surface area contributed by atoms with E-state index in [9.17, 15) is 0 Å². The van der Waals surface area contributed by atoms with Crippen LogP contribution >= 0.6 is 0 Å². The maximum Gasteiger partial charge on any atom is 0.174 e. The minimum atomic E-state index is -0.427. The summed E-state index contributed by atoms with van der Waals surface area (Å²) in [6, 6.07) is 43.8. The summed E-state index contributed by atoms with van der Waals surface area (Å²) in [7, 11) is 2.82. The SMILES string of the molecule is CO.CO[C@]12CCC[C@@]1(C(c1ccccc1)c1ccccc1)CCO2.C[C@]12CCC[C@@]1(C(c1ccccc1)c1ccccc1)CCO2. The molecule has 4 aliphatic rings. The van der Waals surface area contributed by atoms with E-state index < -0.39 is 5.79 Å². The molecule has 2 saturated heterocycles. The molecule has 4 aromatic carbocycles. The molecule has 0 unspecified atom stereocenters. The highest BCUT2D eigenvalue weighted by molar-refractivity contribution is 5.39. The van der Waals surface area contributed by atoms with E-state index in [0.717, 1.165) is 39.6 Å². The smallest absolute Gasteiger partial charge is 0.174 e. The molecule has 0 bridgehead atoms. The summed E-state index contributed by atoms with van der Waals surface area (Å²) >= 11 is 0. The van der Waals surface area contributed by atoms with Gasteiger partial charge in [0.05, 0.1) is 12.2 Å². The molecule has 2 heterocycles. The lowest BCUT2D eigenvalue weighted by atomic mass is 9.61. The van der Waals surface area contributed by atoms with Crippen molar-refractivity contribution in [1.29, 1.82) is 0 Å². The predicted octanol–water partition coefficient (Wildman–Crippen LogP) is 9.53. The van der Waals surface area contributed by atoms with Gasteiger partial charge in [-0.15, -0.1) is 0 Å². The Hall–Kier alpha value is -3.28. The van der Waals surface area contributed by atoms with Crippen LogP contribution in [-0.4, -0.2) is 43.9 Å². The van der Waals surface area contributed by atoms with Crippen LogP contribution in [0.15, 0.2) is 121 Å². The monoisotopic (exact) mass is 632 g/mol. The van der Waals surface area contributed by atoms with E-state index >= 15 is 0 Å². The first-order valence-electron chi connectivity index (χ1n) is 17.5. The molecule has 4 heteroatoms. The van der Waals surface area contributed by atoms with Crippen molar-refractivity contribution in [2.24, 2.45) is 10.8 Å². The Kier molecular flexibility index (Phi) is 10.3. The minimum Gasteiger partial charge on any atom is -0.400 e. The van der Waals surface area contributed by atoms with E-state index in [4.69, 9.17) is 19.3 Å². The van der Waals surface area contributed by atoms with Gasteiger partial charge in [0, 0.05) is 49.9 Å². The summed E-state index contributed by atoms with van der Waals surface area (Å²) in [5.74, 6) is 0.323. The second-order valence-corrected chi connectivity index (χ2v) is 13.9. The highest BCUT2D eigenvalue weighted by Gasteiger charge is 2.64. The van der Waals surface area contributed by atoms with Crippen LogP contribution in [0.25, 0.3) is 0 Å². The molecular weight excluding hydrogens is 580 g/mol. The zero-order valence-electron chi connectivity index (χ0n) is 28.4. The van der Waals surface area contributed by atoms with Crippen LogP contribution in [0.4, 0.5) is 0 Å². The van der Waals surface area contributed by atoms with Gasteiger partial charge in [-0.05, 0) is 74.1 Å². The molecule has 248 valence electrons. The zero-order chi connectivity index (χ0) is 32.8. The number of ether oxygens (including phenoxy) is 3. The molecule has 8 rings (SSSR count). The first kappa shape index (κ1) is 33.6. The fraction of sp³-hybridized carbons (Fsp3) is 0.442. The lowest BCUT2D eigenvalue weighted by Gasteiger charge is -2.44. The summed E-state index contributed by atoms with van der Waals surface area (Å²) in [6.45, 7) is 4.06. The predicted molar refractivity (Wildman–Crippen MR) is 189 cm³/mol. The normalized spacial score (nSPS) is 29.1. The van der Waals surface area contributed by atoms with Crippen molar-refractivity contribution in [2.45, 2.75) is 81.5 Å². The zero-order valence-corrected chi connectivity index (χ0v) is 28.4. The Balaban J connectivity index is 0.000000156. The largest absolute Gasteiger partial charge is 0.400 e. The Morgan fingerprint density at radius 3 is 1.36 bits per heavy atom. The molecule has 0 spiro atoms. The van der Waals surface area contributed by atoms with Crippen LogP contribution in [0.1, 0.15) is 92.4 Å². The molecule has 4 fully saturated rings. The van der Waals surface area contributed by atoms with Gasteiger partial charge in [0.1, 0.15) is 0 Å². The van der Waals surface area contributed by atoms with Crippen molar-refractivity contribution in [3.63, 3.8) is 0 Å². The van der Waals surface area contributed by atoms with Crippen LogP contribution in [0.3, 0.4) is 0 Å². The molecule has 0 amide bonds. The highest BCUT2D eigenvalue weighted by Crippen LogP contribution is 2.65. The number of aliphatic hydroxyl groups is 1. The fourth-order valence-corrected chi connectivity index (χ4v) is 10.0. The molecule has 47 heavy (non-hydrogen) atoms. The van der Waals surface area contributed by atoms with Gasteiger partial charge in [0.15, 0.2) is 5.79 Å². The number of hydrogen-bond donors (Lipinski definition) is 1. The van der Waals surface area contributed by atoms with Crippen molar-refractivity contribution >= 4 is 0 Å². The lowest BCUT2D eigenvalue weighted by molar-refractivity contribution is -0.235. The average molecular weight is 633 g/mol. The second kappa shape index (κ2) is 14.5. The average Bonchev–Trinajstić information content (AvgIpc) is 3.85. The van der Waals surface area contributed by atoms with Gasteiger partial charge >= 0.3 is 0 Å². The third-order valence-corrected chi connectivity index (χ3v) is 12.0. The third-order valence-electron chi connectivity index (χ3n) is 12.0. The van der Waals surface area contributed by atoms with E-state index in [0.29, 0.717) is 11.8 Å². The number of fused-ring (bicyclic) bond motifs is 2. The van der Waals surface area contributed by atoms with Crippen LogP contribution < -0.4 is 0 Å². The maximum absolute atomic E-state index is 7.00. The van der Waals surface area contributed by atoms with E-state index in [1.54, 1.807) is 0 Å². The molecule has 4 aromatic rings. The van der Waals surface area contributed by atoms with Gasteiger partial charge in [-0.2, -0.15) is 0 Å². The Morgan fingerprint density at radius 1 is 0.511 bits per heavy atom. The first-order valence-corrected chi connectivity index (χ1v) is 17.5. The molecule has 4 nitrogen and oxygen atoms in total.